The number of ether oxygens (including phenoxy) is 1. The van der Waals surface area contributed by atoms with Crippen LogP contribution in [0, 0.1) is 13.8 Å². The van der Waals surface area contributed by atoms with Crippen molar-refractivity contribution in [3.8, 4) is 11.6 Å². The molecule has 2 aromatic rings. The summed E-state index contributed by atoms with van der Waals surface area (Å²) in [6.45, 7) is 6.46. The summed E-state index contributed by atoms with van der Waals surface area (Å²) < 4.78 is 5.89. The normalized spacial score (nSPS) is 13.3. The van der Waals surface area contributed by atoms with Crippen molar-refractivity contribution >= 4 is 17.3 Å². The van der Waals surface area contributed by atoms with Gasteiger partial charge in [-0.25, -0.2) is 4.98 Å². The summed E-state index contributed by atoms with van der Waals surface area (Å²) in [5, 5.41) is 0. The molecule has 2 N–H and O–H groups in total. The molecule has 21 heavy (non-hydrogen) atoms. The van der Waals surface area contributed by atoms with E-state index in [-0.39, 0.29) is 5.91 Å². The van der Waals surface area contributed by atoms with Crippen LogP contribution in [0.25, 0.3) is 0 Å². The van der Waals surface area contributed by atoms with Gasteiger partial charge in [0, 0.05) is 6.54 Å². The summed E-state index contributed by atoms with van der Waals surface area (Å²) in [7, 11) is 0. The molecule has 0 bridgehead atoms. The molecule has 5 nitrogen and oxygen atoms in total. The number of aryl methyl sites for hydroxylation is 2. The Labute approximate surface area is 123 Å². The van der Waals surface area contributed by atoms with Crippen LogP contribution in [0.3, 0.4) is 0 Å². The lowest BCUT2D eigenvalue weighted by atomic mass is 10.1. The fraction of sp³-hybridized carbons (Fsp3) is 0.250. The number of nitrogens with two attached hydrogens (primary N) is 1. The predicted octanol–water partition coefficient (Wildman–Crippen LogP) is 3.05. The molecule has 1 aromatic heterocycles. The van der Waals surface area contributed by atoms with Gasteiger partial charge in [0.25, 0.3) is 5.91 Å². The van der Waals surface area contributed by atoms with Crippen LogP contribution < -0.4 is 15.4 Å². The third-order valence-electron chi connectivity index (χ3n) is 3.55. The zero-order valence-electron chi connectivity index (χ0n) is 12.3. The standard InChI is InChI=1S/C16H17N3O2/c1-4-19-14-10(3)5-9(2)6-13(14)21-15-12(16(19)20)7-11(17)8-18-15/h5-8H,4,17H2,1-3H3. The highest BCUT2D eigenvalue weighted by molar-refractivity contribution is 6.10. The lowest BCUT2D eigenvalue weighted by molar-refractivity contribution is 0.0988. The number of hydrogen-bond acceptors (Lipinski definition) is 4. The molecule has 0 atom stereocenters. The Balaban J connectivity index is 2.28. The second-order valence-corrected chi connectivity index (χ2v) is 5.20. The fourth-order valence-corrected chi connectivity index (χ4v) is 2.70. The van der Waals surface area contributed by atoms with Crippen LogP contribution in [-0.2, 0) is 0 Å². The third-order valence-corrected chi connectivity index (χ3v) is 3.55. The van der Waals surface area contributed by atoms with Crippen LogP contribution in [0.4, 0.5) is 11.4 Å². The smallest absolute Gasteiger partial charge is 0.263 e. The van der Waals surface area contributed by atoms with E-state index in [0.717, 1.165) is 16.8 Å². The Morgan fingerprint density at radius 2 is 2.05 bits per heavy atom. The van der Waals surface area contributed by atoms with Gasteiger partial charge in [-0.3, -0.25) is 4.79 Å². The fourth-order valence-electron chi connectivity index (χ4n) is 2.70. The molecule has 0 unspecified atom stereocenters. The van der Waals surface area contributed by atoms with Crippen LogP contribution in [0.15, 0.2) is 24.4 Å². The number of benzene rings is 1. The number of amides is 1. The van der Waals surface area contributed by atoms with Gasteiger partial charge in [0.1, 0.15) is 5.56 Å². The molecule has 2 heterocycles. The van der Waals surface area contributed by atoms with Gasteiger partial charge in [0.15, 0.2) is 5.75 Å². The second kappa shape index (κ2) is 4.77. The van der Waals surface area contributed by atoms with Crippen molar-refractivity contribution in [1.82, 2.24) is 4.98 Å². The summed E-state index contributed by atoms with van der Waals surface area (Å²) >= 11 is 0. The largest absolute Gasteiger partial charge is 0.436 e. The Morgan fingerprint density at radius 1 is 1.29 bits per heavy atom. The molecule has 1 aliphatic rings. The Kier molecular flexibility index (Phi) is 3.05. The van der Waals surface area contributed by atoms with Crippen LogP contribution in [0.1, 0.15) is 28.4 Å². The minimum atomic E-state index is -0.141. The maximum Gasteiger partial charge on any atom is 0.263 e. The number of carbonyl (C=O) groups is 1. The number of carbonyl (C=O) groups excluding carboxylic acids is 1. The van der Waals surface area contributed by atoms with Gasteiger partial charge in [0.05, 0.1) is 17.6 Å². The highest BCUT2D eigenvalue weighted by Gasteiger charge is 2.29. The first-order chi connectivity index (χ1) is 10.0. The van der Waals surface area contributed by atoms with Crippen molar-refractivity contribution in [3.63, 3.8) is 0 Å². The summed E-state index contributed by atoms with van der Waals surface area (Å²) in [4.78, 5) is 18.6. The second-order valence-electron chi connectivity index (χ2n) is 5.20. The van der Waals surface area contributed by atoms with Crippen molar-refractivity contribution in [2.75, 3.05) is 17.2 Å². The van der Waals surface area contributed by atoms with E-state index in [1.54, 1.807) is 11.0 Å². The van der Waals surface area contributed by atoms with Crippen LogP contribution in [-0.4, -0.2) is 17.4 Å². The molecule has 0 saturated heterocycles. The quantitative estimate of drug-likeness (QED) is 0.873. The minimum absolute atomic E-state index is 0.141. The monoisotopic (exact) mass is 283 g/mol. The summed E-state index contributed by atoms with van der Waals surface area (Å²) in [5.74, 6) is 0.813. The summed E-state index contributed by atoms with van der Waals surface area (Å²) in [6, 6.07) is 5.57. The van der Waals surface area contributed by atoms with Crippen LogP contribution in [0.5, 0.6) is 11.6 Å². The number of aromatic nitrogens is 1. The molecule has 0 spiro atoms. The molecule has 5 heteroatoms. The molecule has 0 aliphatic carbocycles. The Morgan fingerprint density at radius 3 is 2.76 bits per heavy atom. The zero-order valence-corrected chi connectivity index (χ0v) is 12.3. The van der Waals surface area contributed by atoms with Gasteiger partial charge >= 0.3 is 0 Å². The highest BCUT2D eigenvalue weighted by Crippen LogP contribution is 2.41. The van der Waals surface area contributed by atoms with Crippen molar-refractivity contribution in [2.24, 2.45) is 0 Å². The van der Waals surface area contributed by atoms with Crippen LogP contribution in [0.2, 0.25) is 0 Å². The molecule has 3 rings (SSSR count). The molecule has 0 radical (unpaired) electrons. The first-order valence-electron chi connectivity index (χ1n) is 6.87. The van der Waals surface area contributed by atoms with E-state index in [9.17, 15) is 4.79 Å². The topological polar surface area (TPSA) is 68.5 Å². The maximum atomic E-state index is 12.8. The molecule has 1 aromatic carbocycles. The number of fused-ring (bicyclic) bond motifs is 2. The number of pyridine rings is 1. The lowest BCUT2D eigenvalue weighted by Gasteiger charge is -2.22. The Bertz CT molecular complexity index is 741. The van der Waals surface area contributed by atoms with Gasteiger partial charge in [-0.15, -0.1) is 0 Å². The first-order valence-corrected chi connectivity index (χ1v) is 6.87. The van der Waals surface area contributed by atoms with Crippen molar-refractivity contribution in [1.29, 1.82) is 0 Å². The molecule has 0 saturated carbocycles. The summed E-state index contributed by atoms with van der Waals surface area (Å²) in [5.41, 5.74) is 9.47. The van der Waals surface area contributed by atoms with E-state index in [0.29, 0.717) is 29.4 Å². The zero-order chi connectivity index (χ0) is 15.1. The van der Waals surface area contributed by atoms with Crippen LogP contribution >= 0.6 is 0 Å². The molecular weight excluding hydrogens is 266 g/mol. The molecular formula is C16H17N3O2. The molecule has 0 fully saturated rings. The van der Waals surface area contributed by atoms with Gasteiger partial charge in [0.2, 0.25) is 5.88 Å². The third kappa shape index (κ3) is 2.11. The molecule has 108 valence electrons. The number of nitrogen functional groups attached to an aromatic ring is 1. The predicted molar refractivity (Wildman–Crippen MR) is 82.0 cm³/mol. The van der Waals surface area contributed by atoms with Crippen molar-refractivity contribution in [2.45, 2.75) is 20.8 Å². The molecule has 1 amide bonds. The van der Waals surface area contributed by atoms with Gasteiger partial charge in [-0.2, -0.15) is 0 Å². The average Bonchev–Trinajstić information content (AvgIpc) is 2.54. The van der Waals surface area contributed by atoms with Gasteiger partial charge in [-0.1, -0.05) is 6.07 Å². The SMILES string of the molecule is CCN1C(=O)c2cc(N)cnc2Oc2cc(C)cc(C)c21. The average molecular weight is 283 g/mol. The first kappa shape index (κ1) is 13.4. The van der Waals surface area contributed by atoms with E-state index in [1.807, 2.05) is 32.9 Å². The van der Waals surface area contributed by atoms with E-state index >= 15 is 0 Å². The number of rotatable bonds is 1. The Hall–Kier alpha value is -2.56. The van der Waals surface area contributed by atoms with E-state index in [1.165, 1.54) is 6.20 Å². The van der Waals surface area contributed by atoms with Gasteiger partial charge < -0.3 is 15.4 Å². The molecule has 1 aliphatic heterocycles. The summed E-state index contributed by atoms with van der Waals surface area (Å²) in [6.07, 6.45) is 1.50. The van der Waals surface area contributed by atoms with Crippen molar-refractivity contribution < 1.29 is 9.53 Å². The van der Waals surface area contributed by atoms with Gasteiger partial charge in [-0.05, 0) is 44.0 Å². The highest BCUT2D eigenvalue weighted by atomic mass is 16.5. The number of nitrogens with zero attached hydrogens (tertiary/aromatic N) is 2. The van der Waals surface area contributed by atoms with Crippen molar-refractivity contribution in [3.05, 3.63) is 41.1 Å². The number of anilines is 2. The number of hydrogen-bond donors (Lipinski definition) is 1. The van der Waals surface area contributed by atoms with E-state index in [2.05, 4.69) is 4.98 Å². The lowest BCUT2D eigenvalue weighted by Crippen LogP contribution is -2.30. The maximum absolute atomic E-state index is 12.8. The minimum Gasteiger partial charge on any atom is -0.436 e. The van der Waals surface area contributed by atoms with E-state index in [4.69, 9.17) is 10.5 Å². The van der Waals surface area contributed by atoms with E-state index < -0.39 is 0 Å².